The van der Waals surface area contributed by atoms with Crippen molar-refractivity contribution in [3.05, 3.63) is 54.6 Å². The topological polar surface area (TPSA) is 15.3 Å². The maximum absolute atomic E-state index is 5.48. The molecule has 0 bridgehead atoms. The highest BCUT2D eigenvalue weighted by Gasteiger charge is 2.09. The SMILES string of the molecule is CCN(CC)C(=S)Nc1ccccc1-c1ccccc1. The number of hydrogen-bond donors (Lipinski definition) is 1. The zero-order chi connectivity index (χ0) is 14.4. The molecule has 0 aliphatic heterocycles. The third-order valence-corrected chi connectivity index (χ3v) is 3.66. The summed E-state index contributed by atoms with van der Waals surface area (Å²) >= 11 is 5.48. The molecule has 2 aromatic rings. The molecular weight excluding hydrogens is 264 g/mol. The van der Waals surface area contributed by atoms with Crippen LogP contribution in [0.15, 0.2) is 54.6 Å². The minimum absolute atomic E-state index is 0.776. The Morgan fingerprint density at radius 1 is 0.950 bits per heavy atom. The molecule has 20 heavy (non-hydrogen) atoms. The van der Waals surface area contributed by atoms with E-state index in [0.717, 1.165) is 23.9 Å². The Bertz CT molecular complexity index is 562. The fourth-order valence-corrected chi connectivity index (χ4v) is 2.53. The number of nitrogens with one attached hydrogen (secondary N) is 1. The van der Waals surface area contributed by atoms with Gasteiger partial charge in [-0.25, -0.2) is 0 Å². The van der Waals surface area contributed by atoms with Gasteiger partial charge in [0.1, 0.15) is 0 Å². The number of benzene rings is 2. The maximum Gasteiger partial charge on any atom is 0.173 e. The Labute approximate surface area is 126 Å². The number of hydrogen-bond acceptors (Lipinski definition) is 1. The van der Waals surface area contributed by atoms with Gasteiger partial charge in [-0.15, -0.1) is 0 Å². The van der Waals surface area contributed by atoms with Gasteiger partial charge < -0.3 is 10.2 Å². The average Bonchev–Trinajstić information content (AvgIpc) is 2.50. The van der Waals surface area contributed by atoms with Crippen LogP contribution in [-0.2, 0) is 0 Å². The summed E-state index contributed by atoms with van der Waals surface area (Å²) < 4.78 is 0. The molecule has 2 rings (SSSR count). The van der Waals surface area contributed by atoms with Crippen LogP contribution in [0.1, 0.15) is 13.8 Å². The van der Waals surface area contributed by atoms with E-state index in [-0.39, 0.29) is 0 Å². The second-order valence-electron chi connectivity index (χ2n) is 4.51. The zero-order valence-corrected chi connectivity index (χ0v) is 12.8. The van der Waals surface area contributed by atoms with Crippen molar-refractivity contribution in [2.45, 2.75) is 13.8 Å². The molecule has 0 aliphatic carbocycles. The molecule has 3 heteroatoms. The minimum atomic E-state index is 0.776. The highest BCUT2D eigenvalue weighted by molar-refractivity contribution is 7.80. The monoisotopic (exact) mass is 284 g/mol. The number of para-hydroxylation sites is 1. The molecule has 0 saturated heterocycles. The molecule has 2 nitrogen and oxygen atoms in total. The molecule has 104 valence electrons. The van der Waals surface area contributed by atoms with E-state index in [9.17, 15) is 0 Å². The summed E-state index contributed by atoms with van der Waals surface area (Å²) in [6, 6.07) is 18.6. The first kappa shape index (κ1) is 14.5. The van der Waals surface area contributed by atoms with Gasteiger partial charge in [0.15, 0.2) is 5.11 Å². The minimum Gasteiger partial charge on any atom is -0.350 e. The van der Waals surface area contributed by atoms with Crippen molar-refractivity contribution in [1.82, 2.24) is 4.90 Å². The predicted molar refractivity (Wildman–Crippen MR) is 91.0 cm³/mol. The van der Waals surface area contributed by atoms with Gasteiger partial charge in [0.25, 0.3) is 0 Å². The van der Waals surface area contributed by atoms with Crippen LogP contribution in [0.3, 0.4) is 0 Å². The third kappa shape index (κ3) is 3.36. The van der Waals surface area contributed by atoms with Crippen molar-refractivity contribution in [3.63, 3.8) is 0 Å². The molecule has 2 aromatic carbocycles. The lowest BCUT2D eigenvalue weighted by molar-refractivity contribution is 0.473. The highest BCUT2D eigenvalue weighted by atomic mass is 32.1. The lowest BCUT2D eigenvalue weighted by atomic mass is 10.0. The number of nitrogens with zero attached hydrogens (tertiary/aromatic N) is 1. The van der Waals surface area contributed by atoms with E-state index in [0.29, 0.717) is 0 Å². The van der Waals surface area contributed by atoms with Crippen LogP contribution < -0.4 is 5.32 Å². The molecule has 0 aromatic heterocycles. The van der Waals surface area contributed by atoms with Gasteiger partial charge in [-0.3, -0.25) is 0 Å². The van der Waals surface area contributed by atoms with E-state index < -0.39 is 0 Å². The van der Waals surface area contributed by atoms with E-state index in [2.05, 4.69) is 60.5 Å². The number of rotatable bonds is 4. The fourth-order valence-electron chi connectivity index (χ4n) is 2.17. The lowest BCUT2D eigenvalue weighted by Gasteiger charge is -2.23. The Hall–Kier alpha value is -1.87. The van der Waals surface area contributed by atoms with Gasteiger partial charge >= 0.3 is 0 Å². The van der Waals surface area contributed by atoms with E-state index in [1.807, 2.05) is 18.2 Å². The lowest BCUT2D eigenvalue weighted by Crippen LogP contribution is -2.34. The van der Waals surface area contributed by atoms with Crippen LogP contribution in [-0.4, -0.2) is 23.1 Å². The van der Waals surface area contributed by atoms with E-state index in [1.165, 1.54) is 11.1 Å². The van der Waals surface area contributed by atoms with E-state index in [1.54, 1.807) is 0 Å². The molecule has 0 unspecified atom stereocenters. The largest absolute Gasteiger partial charge is 0.350 e. The maximum atomic E-state index is 5.48. The summed E-state index contributed by atoms with van der Waals surface area (Å²) in [7, 11) is 0. The van der Waals surface area contributed by atoms with E-state index in [4.69, 9.17) is 12.2 Å². The van der Waals surface area contributed by atoms with Crippen molar-refractivity contribution in [3.8, 4) is 11.1 Å². The van der Waals surface area contributed by atoms with Crippen LogP contribution >= 0.6 is 12.2 Å². The molecule has 1 N–H and O–H groups in total. The molecule has 0 atom stereocenters. The van der Waals surface area contributed by atoms with Crippen LogP contribution in [0.4, 0.5) is 5.69 Å². The Kier molecular flexibility index (Phi) is 5.13. The van der Waals surface area contributed by atoms with Gasteiger partial charge in [0.2, 0.25) is 0 Å². The second-order valence-corrected chi connectivity index (χ2v) is 4.90. The molecule has 0 radical (unpaired) electrons. The molecular formula is C17H20N2S. The molecule has 0 amide bonds. The van der Waals surface area contributed by atoms with Gasteiger partial charge in [-0.1, -0.05) is 48.5 Å². The van der Waals surface area contributed by atoms with Crippen LogP contribution in [0.5, 0.6) is 0 Å². The Morgan fingerprint density at radius 2 is 1.55 bits per heavy atom. The van der Waals surface area contributed by atoms with Gasteiger partial charge in [-0.05, 0) is 37.7 Å². The molecule has 0 saturated carbocycles. The van der Waals surface area contributed by atoms with Crippen LogP contribution in [0.2, 0.25) is 0 Å². The third-order valence-electron chi connectivity index (χ3n) is 3.30. The summed E-state index contributed by atoms with van der Waals surface area (Å²) in [5.74, 6) is 0. The van der Waals surface area contributed by atoms with Crippen molar-refractivity contribution < 1.29 is 0 Å². The molecule has 0 heterocycles. The first-order valence-electron chi connectivity index (χ1n) is 6.96. The fraction of sp³-hybridized carbons (Fsp3) is 0.235. The van der Waals surface area contributed by atoms with E-state index >= 15 is 0 Å². The van der Waals surface area contributed by atoms with Gasteiger partial charge in [0.05, 0.1) is 0 Å². The van der Waals surface area contributed by atoms with Crippen LogP contribution in [0, 0.1) is 0 Å². The Balaban J connectivity index is 2.27. The van der Waals surface area contributed by atoms with Crippen molar-refractivity contribution in [2.75, 3.05) is 18.4 Å². The quantitative estimate of drug-likeness (QED) is 0.838. The standard InChI is InChI=1S/C17H20N2S/c1-3-19(4-2)17(20)18-16-13-9-8-12-15(16)14-10-6-5-7-11-14/h5-13H,3-4H2,1-2H3,(H,18,20). The summed E-state index contributed by atoms with van der Waals surface area (Å²) in [5.41, 5.74) is 3.41. The summed E-state index contributed by atoms with van der Waals surface area (Å²) in [4.78, 5) is 2.14. The first-order valence-corrected chi connectivity index (χ1v) is 7.37. The van der Waals surface area contributed by atoms with Gasteiger partial charge in [0, 0.05) is 24.3 Å². The number of anilines is 1. The molecule has 0 spiro atoms. The average molecular weight is 284 g/mol. The number of thiocarbonyl (C=S) groups is 1. The zero-order valence-electron chi connectivity index (χ0n) is 12.0. The van der Waals surface area contributed by atoms with Crippen molar-refractivity contribution >= 4 is 23.0 Å². The summed E-state index contributed by atoms with van der Waals surface area (Å²) in [6.07, 6.45) is 0. The second kappa shape index (κ2) is 7.06. The van der Waals surface area contributed by atoms with Crippen molar-refractivity contribution in [1.29, 1.82) is 0 Å². The molecule has 0 fully saturated rings. The Morgan fingerprint density at radius 3 is 2.20 bits per heavy atom. The first-order chi connectivity index (χ1) is 9.76. The molecule has 0 aliphatic rings. The van der Waals surface area contributed by atoms with Gasteiger partial charge in [-0.2, -0.15) is 0 Å². The smallest absolute Gasteiger partial charge is 0.173 e. The van der Waals surface area contributed by atoms with Crippen molar-refractivity contribution in [2.24, 2.45) is 0 Å². The normalized spacial score (nSPS) is 10.1. The predicted octanol–water partition coefficient (Wildman–Crippen LogP) is 4.39. The van der Waals surface area contributed by atoms with Crippen LogP contribution in [0.25, 0.3) is 11.1 Å². The highest BCUT2D eigenvalue weighted by Crippen LogP contribution is 2.27. The summed E-state index contributed by atoms with van der Waals surface area (Å²) in [5, 5.41) is 4.14. The summed E-state index contributed by atoms with van der Waals surface area (Å²) in [6.45, 7) is 6.05.